The first-order valence-corrected chi connectivity index (χ1v) is 9.04. The standard InChI is InChI=1S/C18H31N3O3.HI/c1-19-18(21-11-6-14-23-16-7-2-3-8-16)20-10-5-12-22-15-17-9-4-13-24-17;/h4,9,13,16H,2-3,5-8,10-12,14-15H2,1H3,(H2,19,20,21);1H. The van der Waals surface area contributed by atoms with E-state index in [9.17, 15) is 0 Å². The molecule has 0 amide bonds. The van der Waals surface area contributed by atoms with Crippen LogP contribution < -0.4 is 10.6 Å². The zero-order chi connectivity index (χ0) is 16.9. The average molecular weight is 465 g/mol. The van der Waals surface area contributed by atoms with E-state index >= 15 is 0 Å². The van der Waals surface area contributed by atoms with E-state index in [2.05, 4.69) is 15.6 Å². The van der Waals surface area contributed by atoms with Crippen LogP contribution in [-0.2, 0) is 16.1 Å². The summed E-state index contributed by atoms with van der Waals surface area (Å²) in [6.07, 6.45) is 9.21. The summed E-state index contributed by atoms with van der Waals surface area (Å²) in [6, 6.07) is 3.79. The summed E-state index contributed by atoms with van der Waals surface area (Å²) in [4.78, 5) is 4.22. The first kappa shape index (κ1) is 22.2. The van der Waals surface area contributed by atoms with Crippen LogP contribution in [-0.4, -0.2) is 45.4 Å². The fourth-order valence-corrected chi connectivity index (χ4v) is 2.75. The van der Waals surface area contributed by atoms with E-state index in [-0.39, 0.29) is 24.0 Å². The van der Waals surface area contributed by atoms with Gasteiger partial charge in [0.05, 0.1) is 12.4 Å². The number of ether oxygens (including phenoxy) is 2. The minimum atomic E-state index is 0. The van der Waals surface area contributed by atoms with Gasteiger partial charge in [0.2, 0.25) is 0 Å². The largest absolute Gasteiger partial charge is 0.467 e. The first-order valence-electron chi connectivity index (χ1n) is 9.04. The van der Waals surface area contributed by atoms with Gasteiger partial charge >= 0.3 is 0 Å². The van der Waals surface area contributed by atoms with Crippen molar-refractivity contribution in [1.82, 2.24) is 10.6 Å². The van der Waals surface area contributed by atoms with Gasteiger partial charge in [0.1, 0.15) is 12.4 Å². The minimum absolute atomic E-state index is 0. The second-order valence-corrected chi connectivity index (χ2v) is 6.04. The summed E-state index contributed by atoms with van der Waals surface area (Å²) in [6.45, 7) is 3.76. The molecule has 0 radical (unpaired) electrons. The number of guanidine groups is 1. The fraction of sp³-hybridized carbons (Fsp3) is 0.722. The maximum absolute atomic E-state index is 5.85. The predicted octanol–water partition coefficient (Wildman–Crippen LogP) is 3.32. The third kappa shape index (κ3) is 10.1. The van der Waals surface area contributed by atoms with Gasteiger partial charge in [0.15, 0.2) is 5.96 Å². The summed E-state index contributed by atoms with van der Waals surface area (Å²) >= 11 is 0. The van der Waals surface area contributed by atoms with Gasteiger partial charge in [-0.2, -0.15) is 0 Å². The smallest absolute Gasteiger partial charge is 0.190 e. The van der Waals surface area contributed by atoms with Gasteiger partial charge in [-0.25, -0.2) is 0 Å². The molecule has 144 valence electrons. The Morgan fingerprint density at radius 1 is 1.20 bits per heavy atom. The van der Waals surface area contributed by atoms with E-state index in [0.717, 1.165) is 44.3 Å². The zero-order valence-electron chi connectivity index (χ0n) is 15.2. The molecule has 0 saturated heterocycles. The van der Waals surface area contributed by atoms with Crippen LogP contribution in [0, 0.1) is 0 Å². The Kier molecular flexibility index (Phi) is 12.8. The maximum Gasteiger partial charge on any atom is 0.190 e. The summed E-state index contributed by atoms with van der Waals surface area (Å²) in [7, 11) is 1.79. The molecule has 0 spiro atoms. The Morgan fingerprint density at radius 2 is 1.92 bits per heavy atom. The van der Waals surface area contributed by atoms with E-state index in [4.69, 9.17) is 13.9 Å². The topological polar surface area (TPSA) is 68.0 Å². The maximum atomic E-state index is 5.85. The number of hydrogen-bond acceptors (Lipinski definition) is 4. The number of nitrogens with one attached hydrogen (secondary N) is 2. The van der Waals surface area contributed by atoms with Gasteiger partial charge in [-0.05, 0) is 37.8 Å². The van der Waals surface area contributed by atoms with E-state index in [0.29, 0.717) is 19.3 Å². The first-order chi connectivity index (χ1) is 11.9. The Bertz CT molecular complexity index is 448. The van der Waals surface area contributed by atoms with Crippen LogP contribution in [0.15, 0.2) is 27.8 Å². The third-order valence-electron chi connectivity index (χ3n) is 4.08. The van der Waals surface area contributed by atoms with Crippen LogP contribution in [0.5, 0.6) is 0 Å². The van der Waals surface area contributed by atoms with Crippen LogP contribution in [0.1, 0.15) is 44.3 Å². The molecule has 0 atom stereocenters. The molecule has 6 nitrogen and oxygen atoms in total. The summed E-state index contributed by atoms with van der Waals surface area (Å²) in [5.74, 6) is 1.70. The van der Waals surface area contributed by atoms with Crippen molar-refractivity contribution in [3.63, 3.8) is 0 Å². The predicted molar refractivity (Wildman–Crippen MR) is 111 cm³/mol. The SMILES string of the molecule is CN=C(NCCCOCc1ccco1)NCCCOC1CCCC1.I. The summed E-state index contributed by atoms with van der Waals surface area (Å²) < 4.78 is 16.6. The molecule has 2 rings (SSSR count). The Labute approximate surface area is 168 Å². The van der Waals surface area contributed by atoms with E-state index in [1.54, 1.807) is 13.3 Å². The monoisotopic (exact) mass is 465 g/mol. The number of halogens is 1. The Balaban J connectivity index is 0.00000312. The molecule has 2 N–H and O–H groups in total. The molecule has 0 bridgehead atoms. The van der Waals surface area contributed by atoms with Crippen LogP contribution in [0.2, 0.25) is 0 Å². The molecular formula is C18H32IN3O3. The molecule has 1 aliphatic carbocycles. The second-order valence-electron chi connectivity index (χ2n) is 6.04. The molecule has 25 heavy (non-hydrogen) atoms. The van der Waals surface area contributed by atoms with Gasteiger partial charge < -0.3 is 24.5 Å². The van der Waals surface area contributed by atoms with Crippen molar-refractivity contribution < 1.29 is 13.9 Å². The lowest BCUT2D eigenvalue weighted by Gasteiger charge is -2.13. The molecule has 1 aromatic heterocycles. The molecule has 0 aliphatic heterocycles. The zero-order valence-corrected chi connectivity index (χ0v) is 17.5. The van der Waals surface area contributed by atoms with Crippen LogP contribution in [0.25, 0.3) is 0 Å². The van der Waals surface area contributed by atoms with Crippen molar-refractivity contribution in [1.29, 1.82) is 0 Å². The number of hydrogen-bond donors (Lipinski definition) is 2. The number of nitrogens with zero attached hydrogens (tertiary/aromatic N) is 1. The van der Waals surface area contributed by atoms with Gasteiger partial charge in [0, 0.05) is 33.4 Å². The molecule has 0 aromatic carbocycles. The highest BCUT2D eigenvalue weighted by molar-refractivity contribution is 14.0. The van der Waals surface area contributed by atoms with Crippen molar-refractivity contribution >= 4 is 29.9 Å². The molecule has 7 heteroatoms. The highest BCUT2D eigenvalue weighted by Crippen LogP contribution is 2.20. The highest BCUT2D eigenvalue weighted by Gasteiger charge is 2.14. The van der Waals surface area contributed by atoms with Crippen molar-refractivity contribution in [2.45, 2.75) is 51.2 Å². The molecule has 1 heterocycles. The van der Waals surface area contributed by atoms with Crippen LogP contribution in [0.4, 0.5) is 0 Å². The Hall–Kier alpha value is -0.800. The molecule has 1 aromatic rings. The van der Waals surface area contributed by atoms with Crippen molar-refractivity contribution in [3.8, 4) is 0 Å². The van der Waals surface area contributed by atoms with Crippen LogP contribution >= 0.6 is 24.0 Å². The van der Waals surface area contributed by atoms with E-state index in [1.165, 1.54) is 25.7 Å². The van der Waals surface area contributed by atoms with Crippen molar-refractivity contribution in [2.75, 3.05) is 33.4 Å². The van der Waals surface area contributed by atoms with Crippen LogP contribution in [0.3, 0.4) is 0 Å². The van der Waals surface area contributed by atoms with Crippen molar-refractivity contribution in [2.24, 2.45) is 4.99 Å². The fourth-order valence-electron chi connectivity index (χ4n) is 2.75. The summed E-state index contributed by atoms with van der Waals surface area (Å²) in [5.41, 5.74) is 0. The van der Waals surface area contributed by atoms with Crippen molar-refractivity contribution in [3.05, 3.63) is 24.2 Å². The Morgan fingerprint density at radius 3 is 2.56 bits per heavy atom. The summed E-state index contributed by atoms with van der Waals surface area (Å²) in [5, 5.41) is 6.60. The number of furan rings is 1. The van der Waals surface area contributed by atoms with E-state index < -0.39 is 0 Å². The second kappa shape index (κ2) is 14.4. The molecule has 1 aliphatic rings. The molecule has 1 fully saturated rings. The molecular weight excluding hydrogens is 433 g/mol. The lowest BCUT2D eigenvalue weighted by Crippen LogP contribution is -2.38. The lowest BCUT2D eigenvalue weighted by molar-refractivity contribution is 0.0574. The van der Waals surface area contributed by atoms with E-state index in [1.807, 2.05) is 12.1 Å². The lowest BCUT2D eigenvalue weighted by atomic mass is 10.3. The minimum Gasteiger partial charge on any atom is -0.467 e. The quantitative estimate of drug-likeness (QED) is 0.227. The molecule has 1 saturated carbocycles. The molecule has 0 unspecified atom stereocenters. The average Bonchev–Trinajstić information content (AvgIpc) is 3.29. The van der Waals surface area contributed by atoms with Gasteiger partial charge in [-0.1, -0.05) is 12.8 Å². The normalized spacial score (nSPS) is 15.2. The number of rotatable bonds is 11. The van der Waals surface area contributed by atoms with Gasteiger partial charge in [-0.15, -0.1) is 24.0 Å². The number of aliphatic imine (C=N–C) groups is 1. The third-order valence-corrected chi connectivity index (χ3v) is 4.08. The highest BCUT2D eigenvalue weighted by atomic mass is 127. The van der Waals surface area contributed by atoms with Gasteiger partial charge in [0.25, 0.3) is 0 Å². The van der Waals surface area contributed by atoms with Gasteiger partial charge in [-0.3, -0.25) is 4.99 Å².